The molecule has 0 aliphatic heterocycles. The molecule has 0 aliphatic rings. The van der Waals surface area contributed by atoms with Crippen LogP contribution >= 0.6 is 11.3 Å². The van der Waals surface area contributed by atoms with E-state index in [0.29, 0.717) is 31.9 Å². The SMILES string of the molecule is CCN(CCCNc1nc(-c2ccsc2)nc2ccccc12)S(C)(=O)=O. The Balaban J connectivity index is 1.77. The highest BCUT2D eigenvalue weighted by Crippen LogP contribution is 2.26. The highest BCUT2D eigenvalue weighted by molar-refractivity contribution is 7.88. The average molecular weight is 391 g/mol. The fourth-order valence-electron chi connectivity index (χ4n) is 2.75. The van der Waals surface area contributed by atoms with Gasteiger partial charge in [0.15, 0.2) is 5.82 Å². The highest BCUT2D eigenvalue weighted by atomic mass is 32.2. The molecule has 3 rings (SSSR count). The van der Waals surface area contributed by atoms with Crippen LogP contribution in [0.2, 0.25) is 0 Å². The van der Waals surface area contributed by atoms with Crippen LogP contribution < -0.4 is 5.32 Å². The molecule has 0 unspecified atom stereocenters. The standard InChI is InChI=1S/C18H22N4O2S2/c1-3-22(26(2,23)24)11-6-10-19-18-15-7-4-5-8-16(15)20-17(21-18)14-9-12-25-13-14/h4-5,7-9,12-13H,3,6,10-11H2,1-2H3,(H,19,20,21). The zero-order valence-corrected chi connectivity index (χ0v) is 16.5. The van der Waals surface area contributed by atoms with Gasteiger partial charge in [-0.05, 0) is 30.0 Å². The Hall–Kier alpha value is -2.03. The third-order valence-corrected chi connectivity index (χ3v) is 6.14. The lowest BCUT2D eigenvalue weighted by Crippen LogP contribution is -2.31. The number of fused-ring (bicyclic) bond motifs is 1. The largest absolute Gasteiger partial charge is 0.369 e. The number of benzene rings is 1. The zero-order chi connectivity index (χ0) is 18.6. The predicted molar refractivity (Wildman–Crippen MR) is 108 cm³/mol. The van der Waals surface area contributed by atoms with Crippen LogP contribution in [0, 0.1) is 0 Å². The van der Waals surface area contributed by atoms with Gasteiger partial charge in [0, 0.05) is 36.0 Å². The first-order valence-corrected chi connectivity index (χ1v) is 11.3. The van der Waals surface area contributed by atoms with Gasteiger partial charge in [0.05, 0.1) is 11.8 Å². The monoisotopic (exact) mass is 390 g/mol. The van der Waals surface area contributed by atoms with Crippen molar-refractivity contribution in [1.82, 2.24) is 14.3 Å². The molecule has 8 heteroatoms. The number of rotatable bonds is 8. The molecule has 0 saturated heterocycles. The summed E-state index contributed by atoms with van der Waals surface area (Å²) >= 11 is 1.61. The first-order chi connectivity index (χ1) is 12.5. The van der Waals surface area contributed by atoms with Crippen LogP contribution in [0.15, 0.2) is 41.1 Å². The smallest absolute Gasteiger partial charge is 0.211 e. The summed E-state index contributed by atoms with van der Waals surface area (Å²) in [4.78, 5) is 9.33. The van der Waals surface area contributed by atoms with Crippen molar-refractivity contribution in [2.24, 2.45) is 0 Å². The Kier molecular flexibility index (Phi) is 5.85. The Morgan fingerprint density at radius 3 is 2.69 bits per heavy atom. The summed E-state index contributed by atoms with van der Waals surface area (Å²) in [7, 11) is -3.15. The summed E-state index contributed by atoms with van der Waals surface area (Å²) in [6, 6.07) is 9.89. The second kappa shape index (κ2) is 8.11. The second-order valence-corrected chi connectivity index (χ2v) is 8.72. The van der Waals surface area contributed by atoms with Crippen molar-refractivity contribution in [2.45, 2.75) is 13.3 Å². The number of nitrogens with zero attached hydrogens (tertiary/aromatic N) is 3. The maximum absolute atomic E-state index is 11.7. The van der Waals surface area contributed by atoms with Gasteiger partial charge in [0.25, 0.3) is 0 Å². The quantitative estimate of drug-likeness (QED) is 0.596. The van der Waals surface area contributed by atoms with Crippen LogP contribution in [0.1, 0.15) is 13.3 Å². The summed E-state index contributed by atoms with van der Waals surface area (Å²) in [5.74, 6) is 1.47. The van der Waals surface area contributed by atoms with Crippen molar-refractivity contribution in [3.8, 4) is 11.4 Å². The average Bonchev–Trinajstić information content (AvgIpc) is 3.15. The van der Waals surface area contributed by atoms with Crippen molar-refractivity contribution in [2.75, 3.05) is 31.2 Å². The Bertz CT molecular complexity index is 972. The normalized spacial score (nSPS) is 12.0. The number of hydrogen-bond donors (Lipinski definition) is 1. The van der Waals surface area contributed by atoms with E-state index in [4.69, 9.17) is 0 Å². The Labute approximate surface area is 158 Å². The van der Waals surface area contributed by atoms with E-state index in [1.165, 1.54) is 10.6 Å². The van der Waals surface area contributed by atoms with Gasteiger partial charge in [0.2, 0.25) is 10.0 Å². The predicted octanol–water partition coefficient (Wildman–Crippen LogP) is 3.44. The van der Waals surface area contributed by atoms with Crippen LogP contribution in [-0.4, -0.2) is 48.6 Å². The number of nitrogens with one attached hydrogen (secondary N) is 1. The van der Waals surface area contributed by atoms with E-state index in [2.05, 4.69) is 15.3 Å². The number of para-hydroxylation sites is 1. The van der Waals surface area contributed by atoms with Gasteiger partial charge in [-0.2, -0.15) is 11.3 Å². The molecular formula is C18H22N4O2S2. The summed E-state index contributed by atoms with van der Waals surface area (Å²) in [5.41, 5.74) is 1.88. The molecule has 26 heavy (non-hydrogen) atoms. The van der Waals surface area contributed by atoms with Gasteiger partial charge in [-0.15, -0.1) is 0 Å². The van der Waals surface area contributed by atoms with Crippen molar-refractivity contribution < 1.29 is 8.42 Å². The molecule has 0 atom stereocenters. The van der Waals surface area contributed by atoms with Crippen molar-refractivity contribution in [3.63, 3.8) is 0 Å². The molecule has 2 heterocycles. The second-order valence-electron chi connectivity index (χ2n) is 5.96. The fraction of sp³-hybridized carbons (Fsp3) is 0.333. The zero-order valence-electron chi connectivity index (χ0n) is 14.8. The van der Waals surface area contributed by atoms with Crippen LogP contribution in [0.5, 0.6) is 0 Å². The van der Waals surface area contributed by atoms with E-state index >= 15 is 0 Å². The van der Waals surface area contributed by atoms with Gasteiger partial charge in [0.1, 0.15) is 5.82 Å². The van der Waals surface area contributed by atoms with Crippen LogP contribution in [0.4, 0.5) is 5.82 Å². The van der Waals surface area contributed by atoms with Crippen LogP contribution in [-0.2, 0) is 10.0 Å². The molecule has 1 aromatic carbocycles. The molecule has 0 bridgehead atoms. The minimum atomic E-state index is -3.15. The molecule has 138 valence electrons. The van der Waals surface area contributed by atoms with Gasteiger partial charge < -0.3 is 5.32 Å². The molecule has 0 fully saturated rings. The molecule has 2 aromatic heterocycles. The van der Waals surface area contributed by atoms with E-state index < -0.39 is 10.0 Å². The molecule has 0 radical (unpaired) electrons. The molecule has 0 spiro atoms. The van der Waals surface area contributed by atoms with E-state index in [0.717, 1.165) is 22.3 Å². The maximum atomic E-state index is 11.7. The lowest BCUT2D eigenvalue weighted by molar-refractivity contribution is 0.428. The molecule has 0 aliphatic carbocycles. The molecular weight excluding hydrogens is 368 g/mol. The Morgan fingerprint density at radius 2 is 2.00 bits per heavy atom. The fourth-order valence-corrected chi connectivity index (χ4v) is 4.32. The Morgan fingerprint density at radius 1 is 1.19 bits per heavy atom. The lowest BCUT2D eigenvalue weighted by atomic mass is 10.2. The van der Waals surface area contributed by atoms with Crippen LogP contribution in [0.3, 0.4) is 0 Å². The van der Waals surface area contributed by atoms with Crippen LogP contribution in [0.25, 0.3) is 22.3 Å². The van der Waals surface area contributed by atoms with Crippen molar-refractivity contribution >= 4 is 38.1 Å². The summed E-state index contributed by atoms with van der Waals surface area (Å²) in [5, 5.41) is 8.34. The van der Waals surface area contributed by atoms with E-state index in [-0.39, 0.29) is 0 Å². The topological polar surface area (TPSA) is 75.2 Å². The summed E-state index contributed by atoms with van der Waals surface area (Å²) in [6.07, 6.45) is 1.95. The first-order valence-electron chi connectivity index (χ1n) is 8.47. The highest BCUT2D eigenvalue weighted by Gasteiger charge is 2.14. The van der Waals surface area contributed by atoms with Gasteiger partial charge in [-0.3, -0.25) is 0 Å². The molecule has 0 saturated carbocycles. The number of sulfonamides is 1. The van der Waals surface area contributed by atoms with Crippen molar-refractivity contribution in [3.05, 3.63) is 41.1 Å². The first kappa shape index (κ1) is 18.8. The number of hydrogen-bond acceptors (Lipinski definition) is 6. The van der Waals surface area contributed by atoms with Gasteiger partial charge in [-0.25, -0.2) is 22.7 Å². The van der Waals surface area contributed by atoms with Crippen molar-refractivity contribution in [1.29, 1.82) is 0 Å². The molecule has 1 N–H and O–H groups in total. The van der Waals surface area contributed by atoms with E-state index in [1.54, 1.807) is 11.3 Å². The molecule has 0 amide bonds. The van der Waals surface area contributed by atoms with E-state index in [1.807, 2.05) is 48.0 Å². The number of anilines is 1. The molecule has 6 nitrogen and oxygen atoms in total. The number of aromatic nitrogens is 2. The summed E-state index contributed by atoms with van der Waals surface area (Å²) in [6.45, 7) is 3.45. The minimum Gasteiger partial charge on any atom is -0.369 e. The van der Waals surface area contributed by atoms with Gasteiger partial charge >= 0.3 is 0 Å². The minimum absolute atomic E-state index is 0.484. The molecule has 3 aromatic rings. The van der Waals surface area contributed by atoms with Gasteiger partial charge in [-0.1, -0.05) is 19.1 Å². The third-order valence-electron chi connectivity index (χ3n) is 4.08. The van der Waals surface area contributed by atoms with E-state index in [9.17, 15) is 8.42 Å². The number of thiophene rings is 1. The summed E-state index contributed by atoms with van der Waals surface area (Å²) < 4.78 is 24.8. The lowest BCUT2D eigenvalue weighted by Gasteiger charge is -2.18. The third kappa shape index (κ3) is 4.38. The maximum Gasteiger partial charge on any atom is 0.211 e.